The van der Waals surface area contributed by atoms with E-state index in [0.29, 0.717) is 9.95 Å². The summed E-state index contributed by atoms with van der Waals surface area (Å²) in [5.74, 6) is 0.695. The highest BCUT2D eigenvalue weighted by molar-refractivity contribution is 8.24. The highest BCUT2D eigenvalue weighted by Gasteiger charge is 2.20. The van der Waals surface area contributed by atoms with Crippen molar-refractivity contribution in [2.24, 2.45) is 0 Å². The molecular formula is C13H15NO2S2. The first kappa shape index (κ1) is 15.0. The Morgan fingerprint density at radius 2 is 2.06 bits per heavy atom. The Labute approximate surface area is 117 Å². The molecule has 1 aromatic rings. The van der Waals surface area contributed by atoms with E-state index >= 15 is 0 Å². The van der Waals surface area contributed by atoms with Gasteiger partial charge in [-0.25, -0.2) is 0 Å². The van der Waals surface area contributed by atoms with E-state index in [1.807, 2.05) is 26.0 Å². The van der Waals surface area contributed by atoms with E-state index in [0.717, 1.165) is 5.56 Å². The minimum absolute atomic E-state index is 0.00757. The topological polar surface area (TPSA) is 53.2 Å². The number of thioether (sulfide) groups is 1. The molecular weight excluding hydrogens is 266 g/mol. The first-order chi connectivity index (χ1) is 8.48. The molecule has 96 valence electrons. The maximum Gasteiger partial charge on any atom is 0.119 e. The lowest BCUT2D eigenvalue weighted by Crippen LogP contribution is -2.14. The van der Waals surface area contributed by atoms with Gasteiger partial charge >= 0.3 is 0 Å². The largest absolute Gasteiger partial charge is 0.491 e. The van der Waals surface area contributed by atoms with Crippen molar-refractivity contribution in [3.05, 3.63) is 29.8 Å². The molecule has 1 rings (SSSR count). The molecule has 0 bridgehead atoms. The molecule has 0 radical (unpaired) electrons. The lowest BCUT2D eigenvalue weighted by molar-refractivity contribution is 0.201. The molecule has 0 aliphatic rings. The zero-order valence-corrected chi connectivity index (χ0v) is 12.0. The van der Waals surface area contributed by atoms with Crippen LogP contribution < -0.4 is 4.74 Å². The number of ether oxygens (including phenoxy) is 1. The average molecular weight is 281 g/mol. The van der Waals surface area contributed by atoms with Crippen molar-refractivity contribution >= 4 is 28.2 Å². The lowest BCUT2D eigenvalue weighted by atomic mass is 10.2. The predicted molar refractivity (Wildman–Crippen MR) is 78.0 cm³/mol. The third kappa shape index (κ3) is 4.65. The standard InChI is InChI=1S/C13H15NO2S2/c1-13(2,9-14)18-12(17)10-3-5-11(6-4-10)16-8-7-15/h3-6,15H,7-8H2,1-2H3. The number of nitriles is 1. The van der Waals surface area contributed by atoms with E-state index in [1.165, 1.54) is 11.8 Å². The van der Waals surface area contributed by atoms with E-state index in [-0.39, 0.29) is 13.2 Å². The summed E-state index contributed by atoms with van der Waals surface area (Å²) in [4.78, 5) is 0. The molecule has 18 heavy (non-hydrogen) atoms. The van der Waals surface area contributed by atoms with Gasteiger partial charge in [-0.05, 0) is 43.7 Å². The van der Waals surface area contributed by atoms with Gasteiger partial charge in [0.1, 0.15) is 17.1 Å². The third-order valence-corrected chi connectivity index (χ3v) is 3.58. The Bertz CT molecular complexity index is 449. The zero-order valence-electron chi connectivity index (χ0n) is 10.3. The van der Waals surface area contributed by atoms with Gasteiger partial charge in [0.15, 0.2) is 0 Å². The summed E-state index contributed by atoms with van der Waals surface area (Å²) in [5.41, 5.74) is 0.898. The highest BCUT2D eigenvalue weighted by Crippen LogP contribution is 2.28. The van der Waals surface area contributed by atoms with Gasteiger partial charge in [0.05, 0.1) is 16.9 Å². The fraction of sp³-hybridized carbons (Fsp3) is 0.385. The second-order valence-corrected chi connectivity index (χ2v) is 6.41. The summed E-state index contributed by atoms with van der Waals surface area (Å²) >= 11 is 6.66. The van der Waals surface area contributed by atoms with Gasteiger partial charge in [-0.1, -0.05) is 24.0 Å². The zero-order chi connectivity index (χ0) is 13.6. The summed E-state index contributed by atoms with van der Waals surface area (Å²) in [6.07, 6.45) is 0. The quantitative estimate of drug-likeness (QED) is 0.841. The molecule has 0 amide bonds. The van der Waals surface area contributed by atoms with Crippen LogP contribution in [0.3, 0.4) is 0 Å². The molecule has 0 aliphatic carbocycles. The number of hydrogen-bond acceptors (Lipinski definition) is 5. The number of aliphatic hydroxyl groups excluding tert-OH is 1. The summed E-state index contributed by atoms with van der Waals surface area (Å²) in [6.45, 7) is 3.94. The summed E-state index contributed by atoms with van der Waals surface area (Å²) in [5, 5.41) is 17.6. The maximum absolute atomic E-state index is 8.96. The van der Waals surface area contributed by atoms with Gasteiger partial charge in [-0.15, -0.1) is 0 Å². The molecule has 0 aromatic heterocycles. The van der Waals surface area contributed by atoms with E-state index in [2.05, 4.69) is 6.07 Å². The van der Waals surface area contributed by atoms with Crippen LogP contribution in [0.4, 0.5) is 0 Å². The number of aliphatic hydroxyl groups is 1. The van der Waals surface area contributed by atoms with Crippen LogP contribution in [0.1, 0.15) is 19.4 Å². The Hall–Kier alpha value is -1.09. The van der Waals surface area contributed by atoms with Crippen LogP contribution in [0.5, 0.6) is 5.75 Å². The highest BCUT2D eigenvalue weighted by atomic mass is 32.2. The fourth-order valence-electron chi connectivity index (χ4n) is 1.16. The van der Waals surface area contributed by atoms with Crippen LogP contribution in [0.2, 0.25) is 0 Å². The van der Waals surface area contributed by atoms with Crippen molar-refractivity contribution in [1.82, 2.24) is 0 Å². The molecule has 0 unspecified atom stereocenters. The van der Waals surface area contributed by atoms with Gasteiger partial charge in [0, 0.05) is 0 Å². The van der Waals surface area contributed by atoms with Crippen LogP contribution >= 0.6 is 24.0 Å². The molecule has 0 fully saturated rings. The summed E-state index contributed by atoms with van der Waals surface area (Å²) < 4.78 is 5.42. The number of thiocarbonyl (C=S) groups is 1. The van der Waals surface area contributed by atoms with Crippen LogP contribution in [0.25, 0.3) is 0 Å². The minimum atomic E-state index is -0.525. The fourth-order valence-corrected chi connectivity index (χ4v) is 2.69. The molecule has 1 N–H and O–H groups in total. The molecule has 0 spiro atoms. The number of nitrogens with zero attached hydrogens (tertiary/aromatic N) is 1. The molecule has 3 nitrogen and oxygen atoms in total. The van der Waals surface area contributed by atoms with E-state index in [4.69, 9.17) is 27.3 Å². The molecule has 0 saturated carbocycles. The number of benzene rings is 1. The maximum atomic E-state index is 8.96. The Morgan fingerprint density at radius 1 is 1.44 bits per heavy atom. The molecule has 1 aromatic carbocycles. The summed E-state index contributed by atoms with van der Waals surface area (Å²) in [7, 11) is 0. The SMILES string of the molecule is CC(C)(C#N)SC(=S)c1ccc(OCCO)cc1. The Morgan fingerprint density at radius 3 is 2.56 bits per heavy atom. The minimum Gasteiger partial charge on any atom is -0.491 e. The van der Waals surface area contributed by atoms with E-state index in [9.17, 15) is 0 Å². The van der Waals surface area contributed by atoms with Gasteiger partial charge in [-0.3, -0.25) is 0 Å². The van der Waals surface area contributed by atoms with Gasteiger partial charge in [-0.2, -0.15) is 5.26 Å². The first-order valence-electron chi connectivity index (χ1n) is 5.47. The van der Waals surface area contributed by atoms with Crippen molar-refractivity contribution in [3.63, 3.8) is 0 Å². The van der Waals surface area contributed by atoms with Crippen LogP contribution in [-0.2, 0) is 0 Å². The van der Waals surface area contributed by atoms with Crippen LogP contribution in [-0.4, -0.2) is 27.3 Å². The average Bonchev–Trinajstić information content (AvgIpc) is 2.36. The Kier molecular flexibility index (Phi) is 5.60. The Balaban J connectivity index is 2.68. The van der Waals surface area contributed by atoms with Crippen molar-refractivity contribution in [2.45, 2.75) is 18.6 Å². The number of rotatable bonds is 5. The van der Waals surface area contributed by atoms with Crippen molar-refractivity contribution in [2.75, 3.05) is 13.2 Å². The van der Waals surface area contributed by atoms with Gasteiger partial charge < -0.3 is 9.84 Å². The number of hydrogen-bond donors (Lipinski definition) is 1. The second kappa shape index (κ2) is 6.74. The first-order valence-corrected chi connectivity index (χ1v) is 6.69. The van der Waals surface area contributed by atoms with Crippen molar-refractivity contribution in [3.8, 4) is 11.8 Å². The smallest absolute Gasteiger partial charge is 0.119 e. The van der Waals surface area contributed by atoms with E-state index in [1.54, 1.807) is 12.1 Å². The summed E-state index contributed by atoms with van der Waals surface area (Å²) in [6, 6.07) is 9.52. The van der Waals surface area contributed by atoms with Gasteiger partial charge in [0.2, 0.25) is 0 Å². The van der Waals surface area contributed by atoms with Crippen LogP contribution in [0, 0.1) is 11.3 Å². The van der Waals surface area contributed by atoms with Crippen LogP contribution in [0.15, 0.2) is 24.3 Å². The normalized spacial score (nSPS) is 10.8. The lowest BCUT2D eigenvalue weighted by Gasteiger charge is -2.15. The van der Waals surface area contributed by atoms with Gasteiger partial charge in [0.25, 0.3) is 0 Å². The molecule has 0 aliphatic heterocycles. The van der Waals surface area contributed by atoms with Crippen molar-refractivity contribution in [1.29, 1.82) is 5.26 Å². The molecule has 0 atom stereocenters. The predicted octanol–water partition coefficient (Wildman–Crippen LogP) is 2.77. The monoisotopic (exact) mass is 281 g/mol. The van der Waals surface area contributed by atoms with E-state index < -0.39 is 4.75 Å². The third-order valence-electron chi connectivity index (χ3n) is 2.07. The molecule has 0 heterocycles. The van der Waals surface area contributed by atoms with Crippen molar-refractivity contribution < 1.29 is 9.84 Å². The molecule has 5 heteroatoms. The second-order valence-electron chi connectivity index (χ2n) is 4.11. The molecule has 0 saturated heterocycles.